The second-order valence-corrected chi connectivity index (χ2v) is 9.25. The minimum Gasteiger partial charge on any atom is -0.292 e. The maximum Gasteiger partial charge on any atom is 0.343 e. The van der Waals surface area contributed by atoms with Crippen molar-refractivity contribution in [3.8, 4) is 0 Å². The fourth-order valence-electron chi connectivity index (χ4n) is 3.45. The molecule has 2 amide bonds. The van der Waals surface area contributed by atoms with Gasteiger partial charge in [0.15, 0.2) is 5.78 Å². The van der Waals surface area contributed by atoms with Crippen LogP contribution in [0, 0.1) is 0 Å². The van der Waals surface area contributed by atoms with Crippen molar-refractivity contribution >= 4 is 44.8 Å². The number of hydrogen-bond acceptors (Lipinski definition) is 4. The summed E-state index contributed by atoms with van der Waals surface area (Å²) in [7, 11) is -4.13. The third kappa shape index (κ3) is 3.82. The Morgan fingerprint density at radius 1 is 0.935 bits per heavy atom. The molecule has 3 aromatic carbocycles. The van der Waals surface area contributed by atoms with Gasteiger partial charge in [0, 0.05) is 10.6 Å². The van der Waals surface area contributed by atoms with E-state index >= 15 is 0 Å². The molecule has 0 spiro atoms. The second kappa shape index (κ2) is 8.17. The number of halogens is 1. The summed E-state index contributed by atoms with van der Waals surface area (Å²) in [5.74, 6) is -0.333. The van der Waals surface area contributed by atoms with Crippen molar-refractivity contribution in [1.82, 2.24) is 0 Å². The molecule has 0 N–H and O–H groups in total. The van der Waals surface area contributed by atoms with Crippen LogP contribution in [0.4, 0.5) is 16.2 Å². The van der Waals surface area contributed by atoms with Gasteiger partial charge in [-0.25, -0.2) is 13.2 Å². The number of rotatable bonds is 5. The molecule has 0 atom stereocenters. The number of sulfonamides is 1. The lowest BCUT2D eigenvalue weighted by molar-refractivity contribution is 0.0999. The van der Waals surface area contributed by atoms with Gasteiger partial charge in [0.05, 0.1) is 17.9 Å². The smallest absolute Gasteiger partial charge is 0.292 e. The average Bonchev–Trinajstić information content (AvgIpc) is 2.77. The number of para-hydroxylation sites is 1. The lowest BCUT2D eigenvalue weighted by Gasteiger charge is -2.35. The SMILES string of the molecule is CCc1ccc(N2C(=O)N(CC(=O)c3ccc(Cl)cc3)c3ccccc3S2(=O)=O)cc1. The summed E-state index contributed by atoms with van der Waals surface area (Å²) in [5.41, 5.74) is 1.79. The number of aryl methyl sites for hydroxylation is 1. The number of nitrogens with zero attached hydrogens (tertiary/aromatic N) is 2. The monoisotopic (exact) mass is 454 g/mol. The van der Waals surface area contributed by atoms with Crippen molar-refractivity contribution in [2.75, 3.05) is 15.7 Å². The van der Waals surface area contributed by atoms with E-state index in [0.29, 0.717) is 10.6 Å². The molecule has 0 saturated heterocycles. The molecule has 1 aliphatic heterocycles. The molecule has 0 saturated carbocycles. The quantitative estimate of drug-likeness (QED) is 0.513. The first-order chi connectivity index (χ1) is 14.8. The number of anilines is 2. The molecule has 1 heterocycles. The normalized spacial score (nSPS) is 15.0. The molecule has 0 unspecified atom stereocenters. The number of benzene rings is 3. The molecule has 0 fully saturated rings. The summed E-state index contributed by atoms with van der Waals surface area (Å²) in [4.78, 5) is 27.4. The van der Waals surface area contributed by atoms with Crippen LogP contribution in [0.3, 0.4) is 0 Å². The first-order valence-electron chi connectivity index (χ1n) is 9.66. The zero-order valence-electron chi connectivity index (χ0n) is 16.7. The molecule has 3 aromatic rings. The first kappa shape index (κ1) is 21.1. The van der Waals surface area contributed by atoms with Crippen LogP contribution in [0.1, 0.15) is 22.8 Å². The number of ketones is 1. The maximum atomic E-state index is 13.4. The van der Waals surface area contributed by atoms with Gasteiger partial charge < -0.3 is 0 Å². The molecule has 1 aliphatic rings. The Bertz CT molecular complexity index is 1260. The van der Waals surface area contributed by atoms with Gasteiger partial charge in [-0.2, -0.15) is 4.31 Å². The summed E-state index contributed by atoms with van der Waals surface area (Å²) in [6.45, 7) is 1.68. The van der Waals surface area contributed by atoms with E-state index < -0.39 is 16.1 Å². The van der Waals surface area contributed by atoms with Crippen molar-refractivity contribution in [2.24, 2.45) is 0 Å². The number of carbonyl (C=O) groups excluding carboxylic acids is 2. The highest BCUT2D eigenvalue weighted by molar-refractivity contribution is 7.94. The molecule has 8 heteroatoms. The van der Waals surface area contributed by atoms with Gasteiger partial charge >= 0.3 is 6.03 Å². The molecular formula is C23H19ClN2O4S. The Labute approximate surface area is 185 Å². The van der Waals surface area contributed by atoms with E-state index in [2.05, 4.69) is 0 Å². The van der Waals surface area contributed by atoms with Crippen LogP contribution in [0.2, 0.25) is 5.02 Å². The van der Waals surface area contributed by atoms with E-state index in [1.807, 2.05) is 6.92 Å². The molecule has 6 nitrogen and oxygen atoms in total. The van der Waals surface area contributed by atoms with E-state index in [9.17, 15) is 18.0 Å². The van der Waals surface area contributed by atoms with Crippen molar-refractivity contribution < 1.29 is 18.0 Å². The van der Waals surface area contributed by atoms with Gasteiger partial charge in [0.2, 0.25) is 0 Å². The summed E-state index contributed by atoms with van der Waals surface area (Å²) in [6.07, 6.45) is 0.783. The third-order valence-electron chi connectivity index (χ3n) is 5.13. The zero-order valence-corrected chi connectivity index (χ0v) is 18.2. The molecule has 0 aromatic heterocycles. The second-order valence-electron chi connectivity index (χ2n) is 7.06. The van der Waals surface area contributed by atoms with Gasteiger partial charge in [-0.1, -0.05) is 42.8 Å². The van der Waals surface area contributed by atoms with Crippen LogP contribution in [-0.4, -0.2) is 26.8 Å². The molecule has 158 valence electrons. The van der Waals surface area contributed by atoms with E-state index in [1.165, 1.54) is 17.0 Å². The number of urea groups is 1. The lowest BCUT2D eigenvalue weighted by atomic mass is 10.1. The molecule has 4 rings (SSSR count). The summed E-state index contributed by atoms with van der Waals surface area (Å²) < 4.78 is 27.3. The predicted molar refractivity (Wildman–Crippen MR) is 120 cm³/mol. The Morgan fingerprint density at radius 2 is 1.58 bits per heavy atom. The first-order valence-corrected chi connectivity index (χ1v) is 11.5. The van der Waals surface area contributed by atoms with E-state index in [4.69, 9.17) is 11.6 Å². The Balaban J connectivity index is 1.78. The van der Waals surface area contributed by atoms with Crippen LogP contribution in [0.15, 0.2) is 77.7 Å². The number of fused-ring (bicyclic) bond motifs is 1. The lowest BCUT2D eigenvalue weighted by Crippen LogP contribution is -2.52. The predicted octanol–water partition coefficient (Wildman–Crippen LogP) is 4.92. The van der Waals surface area contributed by atoms with Crippen LogP contribution >= 0.6 is 11.6 Å². The largest absolute Gasteiger partial charge is 0.343 e. The standard InChI is InChI=1S/C23H19ClN2O4S/c1-2-16-7-13-19(14-8-16)26-23(28)25(15-21(27)17-9-11-18(24)12-10-17)20-5-3-4-6-22(20)31(26,29)30/h3-14H,2,15H2,1H3. The van der Waals surface area contributed by atoms with Crippen LogP contribution in [0.5, 0.6) is 0 Å². The van der Waals surface area contributed by atoms with Crippen LogP contribution in [0.25, 0.3) is 0 Å². The van der Waals surface area contributed by atoms with Crippen molar-refractivity contribution in [1.29, 1.82) is 0 Å². The Kier molecular flexibility index (Phi) is 5.56. The van der Waals surface area contributed by atoms with Gasteiger partial charge in [-0.15, -0.1) is 0 Å². The molecule has 31 heavy (non-hydrogen) atoms. The fraction of sp³-hybridized carbons (Fsp3) is 0.130. The number of Topliss-reactive ketones (excluding diaryl/α,β-unsaturated/α-hetero) is 1. The minimum atomic E-state index is -4.13. The third-order valence-corrected chi connectivity index (χ3v) is 7.13. The highest BCUT2D eigenvalue weighted by atomic mass is 35.5. The van der Waals surface area contributed by atoms with Crippen molar-refractivity contribution in [3.05, 3.63) is 88.9 Å². The van der Waals surface area contributed by atoms with Crippen LogP contribution < -0.4 is 9.21 Å². The fourth-order valence-corrected chi connectivity index (χ4v) is 5.17. The summed E-state index contributed by atoms with van der Waals surface area (Å²) in [5, 5.41) is 0.490. The van der Waals surface area contributed by atoms with Gasteiger partial charge in [0.1, 0.15) is 4.90 Å². The van der Waals surface area contributed by atoms with E-state index in [0.717, 1.165) is 16.3 Å². The number of hydrogen-bond donors (Lipinski definition) is 0. The van der Waals surface area contributed by atoms with Crippen molar-refractivity contribution in [2.45, 2.75) is 18.2 Å². The molecule has 0 aliphatic carbocycles. The maximum absolute atomic E-state index is 13.4. The highest BCUT2D eigenvalue weighted by Crippen LogP contribution is 2.37. The zero-order chi connectivity index (χ0) is 22.2. The minimum absolute atomic E-state index is 0.0296. The van der Waals surface area contributed by atoms with E-state index in [-0.39, 0.29) is 28.6 Å². The number of carbonyl (C=O) groups is 2. The molecule has 0 radical (unpaired) electrons. The molecular weight excluding hydrogens is 436 g/mol. The summed E-state index contributed by atoms with van der Waals surface area (Å²) >= 11 is 5.89. The van der Waals surface area contributed by atoms with Gasteiger partial charge in [-0.05, 0) is 60.5 Å². The Hall–Kier alpha value is -3.16. The highest BCUT2D eigenvalue weighted by Gasteiger charge is 2.43. The average molecular weight is 455 g/mol. The number of amides is 2. The van der Waals surface area contributed by atoms with E-state index in [1.54, 1.807) is 60.7 Å². The van der Waals surface area contributed by atoms with Gasteiger partial charge in [0.25, 0.3) is 10.0 Å². The summed E-state index contributed by atoms with van der Waals surface area (Å²) in [6, 6.07) is 18.5. The van der Waals surface area contributed by atoms with Crippen LogP contribution in [-0.2, 0) is 16.4 Å². The van der Waals surface area contributed by atoms with Crippen molar-refractivity contribution in [3.63, 3.8) is 0 Å². The molecule has 0 bridgehead atoms. The topological polar surface area (TPSA) is 74.8 Å². The Morgan fingerprint density at radius 3 is 2.23 bits per heavy atom. The van der Waals surface area contributed by atoms with Gasteiger partial charge in [-0.3, -0.25) is 9.69 Å².